The molecule has 0 bridgehead atoms. The van der Waals surface area contributed by atoms with Crippen LogP contribution in [0.5, 0.6) is 0 Å². The summed E-state index contributed by atoms with van der Waals surface area (Å²) in [6.07, 6.45) is 1.75. The number of nitrogens with one attached hydrogen (secondary N) is 1. The van der Waals surface area contributed by atoms with E-state index in [4.69, 9.17) is 0 Å². The summed E-state index contributed by atoms with van der Waals surface area (Å²) in [5.41, 5.74) is 2.31. The fourth-order valence-corrected chi connectivity index (χ4v) is 2.96. The molecule has 29 heavy (non-hydrogen) atoms. The van der Waals surface area contributed by atoms with E-state index in [-0.39, 0.29) is 11.9 Å². The molecule has 0 aliphatic rings. The minimum atomic E-state index is -0.120. The summed E-state index contributed by atoms with van der Waals surface area (Å²) >= 11 is 0. The van der Waals surface area contributed by atoms with Gasteiger partial charge in [0.2, 0.25) is 0 Å². The van der Waals surface area contributed by atoms with Crippen molar-refractivity contribution in [3.8, 4) is 11.4 Å². The molecule has 3 aromatic rings. The maximum atomic E-state index is 13.4. The number of hydrogen-bond donors (Lipinski definition) is 1. The van der Waals surface area contributed by atoms with Crippen LogP contribution in [0.3, 0.4) is 0 Å². The van der Waals surface area contributed by atoms with Crippen molar-refractivity contribution in [2.45, 2.75) is 26.4 Å². The van der Waals surface area contributed by atoms with Gasteiger partial charge in [0.05, 0.1) is 0 Å². The van der Waals surface area contributed by atoms with Crippen molar-refractivity contribution in [1.82, 2.24) is 14.9 Å². The molecule has 0 saturated carbocycles. The Balaban J connectivity index is 1.97. The Bertz CT molecular complexity index is 955. The lowest BCUT2D eigenvalue weighted by Gasteiger charge is -2.27. The number of benzene rings is 2. The molecule has 0 saturated heterocycles. The Hall–Kier alpha value is -3.47. The van der Waals surface area contributed by atoms with Gasteiger partial charge in [0.25, 0.3) is 5.91 Å². The molecule has 0 unspecified atom stereocenters. The smallest absolute Gasteiger partial charge is 0.273 e. The van der Waals surface area contributed by atoms with Gasteiger partial charge in [-0.15, -0.1) is 6.58 Å². The third kappa shape index (κ3) is 5.29. The molecule has 1 N–H and O–H groups in total. The quantitative estimate of drug-likeness (QED) is 0.566. The van der Waals surface area contributed by atoms with Crippen LogP contribution >= 0.6 is 0 Å². The lowest BCUT2D eigenvalue weighted by Crippen LogP contribution is -2.37. The Kier molecular flexibility index (Phi) is 6.74. The molecule has 5 nitrogen and oxygen atoms in total. The van der Waals surface area contributed by atoms with Gasteiger partial charge in [0.15, 0.2) is 5.82 Å². The van der Waals surface area contributed by atoms with E-state index in [9.17, 15) is 4.79 Å². The first kappa shape index (κ1) is 20.3. The van der Waals surface area contributed by atoms with Gasteiger partial charge in [0.1, 0.15) is 11.5 Å². The zero-order valence-electron chi connectivity index (χ0n) is 16.9. The Morgan fingerprint density at radius 1 is 1.07 bits per heavy atom. The average molecular weight is 386 g/mol. The van der Waals surface area contributed by atoms with E-state index >= 15 is 0 Å². The van der Waals surface area contributed by atoms with E-state index in [0.717, 1.165) is 11.1 Å². The molecule has 1 heterocycles. The molecular formula is C24H26N4O. The van der Waals surface area contributed by atoms with Crippen LogP contribution in [-0.2, 0) is 6.54 Å². The van der Waals surface area contributed by atoms with Gasteiger partial charge in [-0.25, -0.2) is 9.97 Å². The van der Waals surface area contributed by atoms with E-state index in [0.29, 0.717) is 30.4 Å². The number of carbonyl (C=O) groups is 1. The van der Waals surface area contributed by atoms with Crippen LogP contribution in [0.1, 0.15) is 29.9 Å². The topological polar surface area (TPSA) is 58.1 Å². The number of hydrogen-bond acceptors (Lipinski definition) is 4. The lowest BCUT2D eigenvalue weighted by molar-refractivity contribution is 0.0684. The highest BCUT2D eigenvalue weighted by Gasteiger charge is 2.22. The SMILES string of the molecule is C=CCNc1cc(C(=O)N(Cc2ccccc2)C(C)C)nc(-c2ccccc2)n1. The second-order valence-electron chi connectivity index (χ2n) is 7.01. The first-order chi connectivity index (χ1) is 14.1. The molecule has 2 aromatic carbocycles. The van der Waals surface area contributed by atoms with Crippen LogP contribution in [0.25, 0.3) is 11.4 Å². The number of aromatic nitrogens is 2. The first-order valence-corrected chi connectivity index (χ1v) is 9.72. The highest BCUT2D eigenvalue weighted by molar-refractivity contribution is 5.93. The van der Waals surface area contributed by atoms with Gasteiger partial charge in [0, 0.05) is 30.8 Å². The summed E-state index contributed by atoms with van der Waals surface area (Å²) in [7, 11) is 0. The maximum Gasteiger partial charge on any atom is 0.273 e. The van der Waals surface area contributed by atoms with Crippen molar-refractivity contribution >= 4 is 11.7 Å². The molecule has 0 atom stereocenters. The Labute approximate surface area is 172 Å². The second-order valence-corrected chi connectivity index (χ2v) is 7.01. The maximum absolute atomic E-state index is 13.4. The third-order valence-corrected chi connectivity index (χ3v) is 4.48. The first-order valence-electron chi connectivity index (χ1n) is 9.72. The largest absolute Gasteiger partial charge is 0.366 e. The summed E-state index contributed by atoms with van der Waals surface area (Å²) in [6, 6.07) is 21.4. The van der Waals surface area contributed by atoms with Gasteiger partial charge in [-0.1, -0.05) is 66.7 Å². The van der Waals surface area contributed by atoms with Crippen LogP contribution in [0, 0.1) is 0 Å². The number of nitrogens with zero attached hydrogens (tertiary/aromatic N) is 3. The predicted molar refractivity (Wildman–Crippen MR) is 118 cm³/mol. The fraction of sp³-hybridized carbons (Fsp3) is 0.208. The molecule has 0 radical (unpaired) electrons. The highest BCUT2D eigenvalue weighted by Crippen LogP contribution is 2.20. The predicted octanol–water partition coefficient (Wildman–Crippen LogP) is 4.79. The van der Waals surface area contributed by atoms with Crippen LogP contribution in [0.15, 0.2) is 79.4 Å². The van der Waals surface area contributed by atoms with Crippen molar-refractivity contribution in [2.24, 2.45) is 0 Å². The zero-order valence-corrected chi connectivity index (χ0v) is 16.9. The molecular weight excluding hydrogens is 360 g/mol. The molecule has 0 fully saturated rings. The summed E-state index contributed by atoms with van der Waals surface area (Å²) in [6.45, 7) is 8.83. The lowest BCUT2D eigenvalue weighted by atomic mass is 10.1. The van der Waals surface area contributed by atoms with Gasteiger partial charge < -0.3 is 10.2 Å². The summed E-state index contributed by atoms with van der Waals surface area (Å²) < 4.78 is 0. The fourth-order valence-electron chi connectivity index (χ4n) is 2.96. The number of carbonyl (C=O) groups excluding carboxylic acids is 1. The number of anilines is 1. The number of rotatable bonds is 8. The number of amides is 1. The van der Waals surface area contributed by atoms with Crippen LogP contribution in [0.2, 0.25) is 0 Å². The van der Waals surface area contributed by atoms with Crippen molar-refractivity contribution in [1.29, 1.82) is 0 Å². The molecule has 1 aromatic heterocycles. The molecule has 5 heteroatoms. The monoisotopic (exact) mass is 386 g/mol. The van der Waals surface area contributed by atoms with Gasteiger partial charge in [-0.2, -0.15) is 0 Å². The van der Waals surface area contributed by atoms with Crippen LogP contribution < -0.4 is 5.32 Å². The summed E-state index contributed by atoms with van der Waals surface area (Å²) in [4.78, 5) is 24.4. The molecule has 0 aliphatic carbocycles. The summed E-state index contributed by atoms with van der Waals surface area (Å²) in [5, 5.41) is 3.18. The van der Waals surface area contributed by atoms with Crippen molar-refractivity contribution in [3.05, 3.63) is 90.6 Å². The zero-order chi connectivity index (χ0) is 20.6. The average Bonchev–Trinajstić information content (AvgIpc) is 2.76. The van der Waals surface area contributed by atoms with Crippen molar-refractivity contribution in [3.63, 3.8) is 0 Å². The van der Waals surface area contributed by atoms with Gasteiger partial charge in [-0.3, -0.25) is 4.79 Å². The van der Waals surface area contributed by atoms with Gasteiger partial charge in [-0.05, 0) is 19.4 Å². The molecule has 3 rings (SSSR count). The third-order valence-electron chi connectivity index (χ3n) is 4.48. The van der Waals surface area contributed by atoms with Crippen molar-refractivity contribution in [2.75, 3.05) is 11.9 Å². The van der Waals surface area contributed by atoms with E-state index < -0.39 is 0 Å². The minimum Gasteiger partial charge on any atom is -0.366 e. The Morgan fingerprint density at radius 3 is 2.34 bits per heavy atom. The standard InChI is InChI=1S/C24H26N4O/c1-4-15-25-22-16-21(26-23(27-22)20-13-9-6-10-14-20)24(29)28(18(2)3)17-19-11-7-5-8-12-19/h4-14,16,18H,1,15,17H2,2-3H3,(H,25,26,27). The van der Waals surface area contributed by atoms with E-state index in [1.807, 2.05) is 79.4 Å². The van der Waals surface area contributed by atoms with E-state index in [1.54, 1.807) is 12.1 Å². The highest BCUT2D eigenvalue weighted by atomic mass is 16.2. The summed E-state index contributed by atoms with van der Waals surface area (Å²) in [5.74, 6) is 1.00. The van der Waals surface area contributed by atoms with E-state index in [1.165, 1.54) is 0 Å². The van der Waals surface area contributed by atoms with E-state index in [2.05, 4.69) is 21.9 Å². The normalized spacial score (nSPS) is 10.6. The second kappa shape index (κ2) is 9.64. The van der Waals surface area contributed by atoms with Crippen LogP contribution in [-0.4, -0.2) is 33.4 Å². The molecule has 0 aliphatic heterocycles. The molecule has 0 spiro atoms. The van der Waals surface area contributed by atoms with Crippen LogP contribution in [0.4, 0.5) is 5.82 Å². The molecule has 1 amide bonds. The van der Waals surface area contributed by atoms with Gasteiger partial charge >= 0.3 is 0 Å². The Morgan fingerprint density at radius 2 is 1.72 bits per heavy atom. The minimum absolute atomic E-state index is 0.0300. The van der Waals surface area contributed by atoms with Crippen molar-refractivity contribution < 1.29 is 4.79 Å². The molecule has 148 valence electrons.